The molecule has 0 spiro atoms. The van der Waals surface area contributed by atoms with Gasteiger partial charge < -0.3 is 31.9 Å². The summed E-state index contributed by atoms with van der Waals surface area (Å²) in [7, 11) is 0. The SMILES string of the molecule is Cc1ccc(NC(=O)NC2C=C(C(=O)NCCCC(N)=O)CC(O)C2O)cc1. The smallest absolute Gasteiger partial charge is 0.319 e. The Labute approximate surface area is 163 Å². The highest BCUT2D eigenvalue weighted by molar-refractivity contribution is 5.94. The molecule has 0 aromatic heterocycles. The standard InChI is InChI=1S/C19H26N4O5/c1-11-4-6-13(7-5-11)22-19(28)23-14-9-12(10-15(24)17(14)26)18(27)21-8-2-3-16(20)25/h4-7,9,14-15,17,24,26H,2-3,8,10H2,1H3,(H2,20,25)(H,21,27)(H2,22,23,28). The molecule has 0 fully saturated rings. The molecule has 0 bridgehead atoms. The first kappa shape index (κ1) is 21.4. The molecule has 1 aliphatic rings. The Morgan fingerprint density at radius 3 is 2.50 bits per heavy atom. The Balaban J connectivity index is 1.95. The number of rotatable bonds is 7. The zero-order chi connectivity index (χ0) is 20.7. The van der Waals surface area contributed by atoms with Crippen LogP contribution >= 0.6 is 0 Å². The lowest BCUT2D eigenvalue weighted by molar-refractivity contribution is -0.120. The predicted molar refractivity (Wildman–Crippen MR) is 103 cm³/mol. The van der Waals surface area contributed by atoms with E-state index in [0.717, 1.165) is 5.56 Å². The molecule has 0 radical (unpaired) electrons. The van der Waals surface area contributed by atoms with E-state index in [1.54, 1.807) is 12.1 Å². The van der Waals surface area contributed by atoms with Gasteiger partial charge in [-0.3, -0.25) is 9.59 Å². The van der Waals surface area contributed by atoms with Crippen molar-refractivity contribution in [2.45, 2.75) is 44.4 Å². The van der Waals surface area contributed by atoms with E-state index in [1.807, 2.05) is 19.1 Å². The topological polar surface area (TPSA) is 154 Å². The van der Waals surface area contributed by atoms with E-state index in [9.17, 15) is 24.6 Å². The monoisotopic (exact) mass is 390 g/mol. The Kier molecular flexibility index (Phi) is 7.53. The van der Waals surface area contributed by atoms with Gasteiger partial charge >= 0.3 is 6.03 Å². The quantitative estimate of drug-likeness (QED) is 0.359. The summed E-state index contributed by atoms with van der Waals surface area (Å²) in [6.07, 6.45) is -0.489. The molecule has 1 aliphatic carbocycles. The minimum Gasteiger partial charge on any atom is -0.390 e. The number of primary amides is 1. The summed E-state index contributed by atoms with van der Waals surface area (Å²) in [6, 6.07) is 5.66. The third-order valence-corrected chi connectivity index (χ3v) is 4.36. The van der Waals surface area contributed by atoms with Crippen LogP contribution in [0.25, 0.3) is 0 Å². The summed E-state index contributed by atoms with van der Waals surface area (Å²) in [4.78, 5) is 35.1. The van der Waals surface area contributed by atoms with Crippen LogP contribution in [0.4, 0.5) is 10.5 Å². The summed E-state index contributed by atoms with van der Waals surface area (Å²) in [5, 5.41) is 28.0. The summed E-state index contributed by atoms with van der Waals surface area (Å²) >= 11 is 0. The number of amides is 4. The van der Waals surface area contributed by atoms with Crippen LogP contribution in [0.2, 0.25) is 0 Å². The predicted octanol–water partition coefficient (Wildman–Crippen LogP) is -0.0813. The summed E-state index contributed by atoms with van der Waals surface area (Å²) in [5.74, 6) is -0.880. The first-order valence-corrected chi connectivity index (χ1v) is 9.04. The Morgan fingerprint density at radius 1 is 1.18 bits per heavy atom. The molecule has 9 heteroatoms. The van der Waals surface area contributed by atoms with Gasteiger partial charge in [0.25, 0.3) is 0 Å². The molecule has 4 amide bonds. The number of nitrogens with one attached hydrogen (secondary N) is 3. The van der Waals surface area contributed by atoms with E-state index in [1.165, 1.54) is 6.08 Å². The van der Waals surface area contributed by atoms with Crippen LogP contribution in [0.3, 0.4) is 0 Å². The number of anilines is 1. The van der Waals surface area contributed by atoms with Crippen LogP contribution in [0, 0.1) is 6.92 Å². The lowest BCUT2D eigenvalue weighted by atomic mass is 9.90. The molecule has 0 saturated heterocycles. The molecule has 3 atom stereocenters. The molecule has 9 nitrogen and oxygen atoms in total. The van der Waals surface area contributed by atoms with Gasteiger partial charge in [0.1, 0.15) is 6.10 Å². The van der Waals surface area contributed by atoms with Crippen molar-refractivity contribution in [2.24, 2.45) is 5.73 Å². The van der Waals surface area contributed by atoms with E-state index < -0.39 is 36.1 Å². The van der Waals surface area contributed by atoms with Crippen LogP contribution in [-0.4, -0.2) is 52.9 Å². The van der Waals surface area contributed by atoms with Crippen molar-refractivity contribution in [3.8, 4) is 0 Å². The molecule has 3 unspecified atom stereocenters. The van der Waals surface area contributed by atoms with Crippen LogP contribution in [-0.2, 0) is 9.59 Å². The van der Waals surface area contributed by atoms with E-state index in [4.69, 9.17) is 5.73 Å². The third-order valence-electron chi connectivity index (χ3n) is 4.36. The molecular weight excluding hydrogens is 364 g/mol. The minimum atomic E-state index is -1.24. The number of hydrogen-bond acceptors (Lipinski definition) is 5. The van der Waals surface area contributed by atoms with Gasteiger partial charge in [-0.1, -0.05) is 23.8 Å². The van der Waals surface area contributed by atoms with Crippen LogP contribution in [0.1, 0.15) is 24.8 Å². The Bertz CT molecular complexity index is 747. The molecule has 1 aromatic rings. The van der Waals surface area contributed by atoms with Crippen molar-refractivity contribution in [3.05, 3.63) is 41.5 Å². The van der Waals surface area contributed by atoms with Crippen molar-refractivity contribution in [3.63, 3.8) is 0 Å². The van der Waals surface area contributed by atoms with Gasteiger partial charge in [-0.15, -0.1) is 0 Å². The summed E-state index contributed by atoms with van der Waals surface area (Å²) in [6.45, 7) is 2.18. The molecule has 7 N–H and O–H groups in total. The second-order valence-electron chi connectivity index (χ2n) is 6.77. The molecule has 1 aromatic carbocycles. The van der Waals surface area contributed by atoms with Crippen molar-refractivity contribution < 1.29 is 24.6 Å². The number of nitrogens with two attached hydrogens (primary N) is 1. The van der Waals surface area contributed by atoms with Crippen LogP contribution in [0.5, 0.6) is 0 Å². The number of benzene rings is 1. The number of urea groups is 1. The fraction of sp³-hybridized carbons (Fsp3) is 0.421. The van der Waals surface area contributed by atoms with Crippen molar-refractivity contribution in [1.82, 2.24) is 10.6 Å². The highest BCUT2D eigenvalue weighted by Crippen LogP contribution is 2.20. The highest BCUT2D eigenvalue weighted by Gasteiger charge is 2.33. The lowest BCUT2D eigenvalue weighted by Gasteiger charge is -2.31. The molecule has 0 heterocycles. The molecule has 2 rings (SSSR count). The van der Waals surface area contributed by atoms with E-state index in [-0.39, 0.29) is 25.0 Å². The number of aliphatic hydroxyl groups excluding tert-OH is 2. The number of carbonyl (C=O) groups is 3. The van der Waals surface area contributed by atoms with Gasteiger partial charge in [-0.05, 0) is 25.5 Å². The first-order valence-electron chi connectivity index (χ1n) is 9.04. The first-order chi connectivity index (χ1) is 13.3. The minimum absolute atomic E-state index is 0.0411. The van der Waals surface area contributed by atoms with Gasteiger partial charge in [-0.2, -0.15) is 0 Å². The van der Waals surface area contributed by atoms with Gasteiger partial charge in [0.15, 0.2) is 0 Å². The van der Waals surface area contributed by atoms with Crippen molar-refractivity contribution in [1.29, 1.82) is 0 Å². The van der Waals surface area contributed by atoms with Gasteiger partial charge in [0.2, 0.25) is 11.8 Å². The van der Waals surface area contributed by atoms with Crippen LogP contribution < -0.4 is 21.7 Å². The lowest BCUT2D eigenvalue weighted by Crippen LogP contribution is -2.52. The van der Waals surface area contributed by atoms with Crippen LogP contribution in [0.15, 0.2) is 35.9 Å². The fourth-order valence-corrected chi connectivity index (χ4v) is 2.80. The Morgan fingerprint density at radius 2 is 1.86 bits per heavy atom. The second kappa shape index (κ2) is 9.86. The average molecular weight is 390 g/mol. The zero-order valence-electron chi connectivity index (χ0n) is 15.6. The summed E-state index contributed by atoms with van der Waals surface area (Å²) in [5.41, 5.74) is 6.91. The third kappa shape index (κ3) is 6.36. The molecular formula is C19H26N4O5. The number of carbonyl (C=O) groups excluding carboxylic acids is 3. The maximum Gasteiger partial charge on any atom is 0.319 e. The average Bonchev–Trinajstić information content (AvgIpc) is 2.64. The number of aliphatic hydroxyl groups is 2. The normalized spacial score (nSPS) is 21.4. The maximum absolute atomic E-state index is 12.2. The number of hydrogen-bond donors (Lipinski definition) is 6. The highest BCUT2D eigenvalue weighted by atomic mass is 16.3. The molecule has 0 saturated carbocycles. The van der Waals surface area contributed by atoms with Crippen molar-refractivity contribution in [2.75, 3.05) is 11.9 Å². The summed E-state index contributed by atoms with van der Waals surface area (Å²) < 4.78 is 0. The fourth-order valence-electron chi connectivity index (χ4n) is 2.80. The molecule has 152 valence electrons. The van der Waals surface area contributed by atoms with Gasteiger partial charge in [0, 0.05) is 30.6 Å². The van der Waals surface area contributed by atoms with Crippen molar-refractivity contribution >= 4 is 23.5 Å². The zero-order valence-corrected chi connectivity index (χ0v) is 15.6. The molecule has 28 heavy (non-hydrogen) atoms. The largest absolute Gasteiger partial charge is 0.390 e. The van der Waals surface area contributed by atoms with E-state index in [2.05, 4.69) is 16.0 Å². The molecule has 0 aliphatic heterocycles. The second-order valence-corrected chi connectivity index (χ2v) is 6.77. The van der Waals surface area contributed by atoms with Gasteiger partial charge in [-0.25, -0.2) is 4.79 Å². The van der Waals surface area contributed by atoms with E-state index in [0.29, 0.717) is 12.1 Å². The maximum atomic E-state index is 12.2. The van der Waals surface area contributed by atoms with E-state index >= 15 is 0 Å². The van der Waals surface area contributed by atoms with Gasteiger partial charge in [0.05, 0.1) is 12.1 Å². The number of aryl methyl sites for hydroxylation is 1. The Hall–Kier alpha value is -2.91.